The Hall–Kier alpha value is -2.55. The molecule has 0 spiro atoms. The van der Waals surface area contributed by atoms with Crippen molar-refractivity contribution in [2.45, 2.75) is 30.5 Å². The highest BCUT2D eigenvalue weighted by molar-refractivity contribution is 9.10. The summed E-state index contributed by atoms with van der Waals surface area (Å²) in [6.07, 6.45) is 0.156. The summed E-state index contributed by atoms with van der Waals surface area (Å²) in [5, 5.41) is 0. The molecule has 0 amide bonds. The van der Waals surface area contributed by atoms with Gasteiger partial charge in [0, 0.05) is 17.4 Å². The second-order valence-corrected chi connectivity index (χ2v) is 9.98. The number of nitrogens with zero attached hydrogens (tertiary/aromatic N) is 1. The largest absolute Gasteiger partial charge is 0.460 e. The molecule has 0 bridgehead atoms. The number of hydrogen-bond acceptors (Lipinski definition) is 4. The number of ether oxygens (including phenoxy) is 1. The fraction of sp³-hybridized carbons (Fsp3) is 0.174. The summed E-state index contributed by atoms with van der Waals surface area (Å²) in [4.78, 5) is 12.5. The van der Waals surface area contributed by atoms with E-state index in [0.717, 1.165) is 31.5 Å². The van der Waals surface area contributed by atoms with Crippen LogP contribution in [-0.2, 0) is 39.1 Å². The quantitative estimate of drug-likeness (QED) is 0.482. The first-order chi connectivity index (χ1) is 14.9. The summed E-state index contributed by atoms with van der Waals surface area (Å²) in [6, 6.07) is 18.7. The number of hydrogen-bond donors (Lipinski definition) is 0. The van der Waals surface area contributed by atoms with Crippen LogP contribution in [0.5, 0.6) is 0 Å². The van der Waals surface area contributed by atoms with Crippen LogP contribution in [0.25, 0.3) is 0 Å². The van der Waals surface area contributed by atoms with Gasteiger partial charge in [0.25, 0.3) is 0 Å². The van der Waals surface area contributed by atoms with Crippen molar-refractivity contribution in [1.29, 1.82) is 0 Å². The molecule has 3 aromatic carbocycles. The van der Waals surface area contributed by atoms with Gasteiger partial charge in [-0.15, -0.1) is 0 Å². The highest BCUT2D eigenvalue weighted by Crippen LogP contribution is 2.30. The van der Waals surface area contributed by atoms with Crippen molar-refractivity contribution in [3.63, 3.8) is 0 Å². The van der Waals surface area contributed by atoms with E-state index in [4.69, 9.17) is 4.74 Å². The molecule has 5 nitrogen and oxygen atoms in total. The Morgan fingerprint density at radius 1 is 1.00 bits per heavy atom. The van der Waals surface area contributed by atoms with Crippen molar-refractivity contribution in [3.8, 4) is 0 Å². The SMILES string of the molecule is O=C(OCc1ccc(Br)cc1)[C@@H]1Cc2ccccc2CN1S(=O)(=O)c1ccccc1F. The summed E-state index contributed by atoms with van der Waals surface area (Å²) in [5.41, 5.74) is 2.42. The predicted molar refractivity (Wildman–Crippen MR) is 117 cm³/mol. The minimum atomic E-state index is -4.27. The van der Waals surface area contributed by atoms with E-state index >= 15 is 0 Å². The molecule has 0 fully saturated rings. The van der Waals surface area contributed by atoms with Gasteiger partial charge in [-0.2, -0.15) is 4.31 Å². The Morgan fingerprint density at radius 2 is 1.65 bits per heavy atom. The van der Waals surface area contributed by atoms with Crippen LogP contribution in [-0.4, -0.2) is 24.7 Å². The molecular weight excluding hydrogens is 485 g/mol. The van der Waals surface area contributed by atoms with E-state index < -0.39 is 32.7 Å². The van der Waals surface area contributed by atoms with Gasteiger partial charge in [0.05, 0.1) is 0 Å². The van der Waals surface area contributed by atoms with Crippen LogP contribution in [0.1, 0.15) is 16.7 Å². The first-order valence-corrected chi connectivity index (χ1v) is 11.8. The molecule has 160 valence electrons. The number of carbonyl (C=O) groups excluding carboxylic acids is 1. The highest BCUT2D eigenvalue weighted by atomic mass is 79.9. The molecule has 0 N–H and O–H groups in total. The molecule has 1 heterocycles. The van der Waals surface area contributed by atoms with Gasteiger partial charge in [0.2, 0.25) is 10.0 Å². The van der Waals surface area contributed by atoms with Gasteiger partial charge in [0.15, 0.2) is 0 Å². The molecule has 0 aromatic heterocycles. The zero-order valence-corrected chi connectivity index (χ0v) is 18.8. The van der Waals surface area contributed by atoms with Gasteiger partial charge in [-0.05, 0) is 41.0 Å². The molecule has 0 saturated carbocycles. The van der Waals surface area contributed by atoms with E-state index in [1.54, 1.807) is 18.2 Å². The standard InChI is InChI=1S/C23H19BrFNO4S/c24-19-11-9-16(10-12-19)15-30-23(27)21-13-17-5-1-2-6-18(17)14-26(21)31(28,29)22-8-4-3-7-20(22)25/h1-12,21H,13-15H2/t21-/m0/s1. The van der Waals surface area contributed by atoms with E-state index in [0.29, 0.717) is 0 Å². The lowest BCUT2D eigenvalue weighted by Crippen LogP contribution is -2.49. The lowest BCUT2D eigenvalue weighted by Gasteiger charge is -2.34. The Labute approximate surface area is 188 Å². The number of halogens is 2. The third-order valence-electron chi connectivity index (χ3n) is 5.20. The smallest absolute Gasteiger partial charge is 0.325 e. The summed E-state index contributed by atoms with van der Waals surface area (Å²) < 4.78 is 48.4. The maximum atomic E-state index is 14.3. The Bertz CT molecular complexity index is 1210. The number of benzene rings is 3. The van der Waals surface area contributed by atoms with Crippen molar-refractivity contribution in [3.05, 3.63) is 99.8 Å². The number of rotatable bonds is 5. The monoisotopic (exact) mass is 503 g/mol. The van der Waals surface area contributed by atoms with Crippen LogP contribution in [0, 0.1) is 5.82 Å². The van der Waals surface area contributed by atoms with Crippen LogP contribution in [0.15, 0.2) is 82.2 Å². The molecular formula is C23H19BrFNO4S. The maximum absolute atomic E-state index is 14.3. The third-order valence-corrected chi connectivity index (χ3v) is 7.61. The van der Waals surface area contributed by atoms with Gasteiger partial charge in [-0.1, -0.05) is 64.5 Å². The zero-order valence-electron chi connectivity index (χ0n) is 16.4. The van der Waals surface area contributed by atoms with Crippen molar-refractivity contribution < 1.29 is 22.3 Å². The molecule has 0 aliphatic carbocycles. The first-order valence-electron chi connectivity index (χ1n) is 9.60. The normalized spacial score (nSPS) is 16.5. The maximum Gasteiger partial charge on any atom is 0.325 e. The van der Waals surface area contributed by atoms with Crippen molar-refractivity contribution in [2.24, 2.45) is 0 Å². The molecule has 1 aliphatic heterocycles. The molecule has 0 unspecified atom stereocenters. The van der Waals surface area contributed by atoms with Gasteiger partial charge in [-0.3, -0.25) is 4.79 Å². The molecule has 0 radical (unpaired) electrons. The minimum Gasteiger partial charge on any atom is -0.460 e. The predicted octanol–water partition coefficient (Wildman–Crippen LogP) is 4.45. The molecule has 31 heavy (non-hydrogen) atoms. The fourth-order valence-electron chi connectivity index (χ4n) is 3.56. The minimum absolute atomic E-state index is 0.0118. The molecule has 1 atom stereocenters. The summed E-state index contributed by atoms with van der Waals surface area (Å²) in [7, 11) is -4.27. The molecule has 1 aliphatic rings. The van der Waals surface area contributed by atoms with Crippen LogP contribution >= 0.6 is 15.9 Å². The second-order valence-electron chi connectivity index (χ2n) is 7.20. The van der Waals surface area contributed by atoms with Crippen molar-refractivity contribution in [1.82, 2.24) is 4.31 Å². The summed E-state index contributed by atoms with van der Waals surface area (Å²) >= 11 is 3.35. The first kappa shape index (κ1) is 21.7. The molecule has 4 rings (SSSR count). The average Bonchev–Trinajstić information content (AvgIpc) is 2.77. The van der Waals surface area contributed by atoms with Gasteiger partial charge < -0.3 is 4.74 Å². The highest BCUT2D eigenvalue weighted by Gasteiger charge is 2.41. The van der Waals surface area contributed by atoms with E-state index in [1.165, 1.54) is 18.2 Å². The molecule has 8 heteroatoms. The lowest BCUT2D eigenvalue weighted by molar-refractivity contribution is -0.150. The Morgan fingerprint density at radius 3 is 2.35 bits per heavy atom. The molecule has 0 saturated heterocycles. The van der Waals surface area contributed by atoms with E-state index in [1.807, 2.05) is 30.3 Å². The van der Waals surface area contributed by atoms with Gasteiger partial charge in [-0.25, -0.2) is 12.8 Å². The van der Waals surface area contributed by atoms with Crippen LogP contribution in [0.3, 0.4) is 0 Å². The number of sulfonamides is 1. The number of fused-ring (bicyclic) bond motifs is 1. The Balaban J connectivity index is 1.65. The molecule has 3 aromatic rings. The topological polar surface area (TPSA) is 63.7 Å². The van der Waals surface area contributed by atoms with Crippen LogP contribution in [0.4, 0.5) is 4.39 Å². The number of esters is 1. The number of carbonyl (C=O) groups is 1. The van der Waals surface area contributed by atoms with Crippen LogP contribution in [0.2, 0.25) is 0 Å². The van der Waals surface area contributed by atoms with Crippen molar-refractivity contribution in [2.75, 3.05) is 0 Å². The van der Waals surface area contributed by atoms with Crippen molar-refractivity contribution >= 4 is 31.9 Å². The lowest BCUT2D eigenvalue weighted by atomic mass is 9.96. The second kappa shape index (κ2) is 8.90. The summed E-state index contributed by atoms with van der Waals surface area (Å²) in [5.74, 6) is -1.53. The van der Waals surface area contributed by atoms with Gasteiger partial charge >= 0.3 is 5.97 Å². The average molecular weight is 504 g/mol. The summed E-state index contributed by atoms with van der Waals surface area (Å²) in [6.45, 7) is -0.0251. The van der Waals surface area contributed by atoms with E-state index in [2.05, 4.69) is 15.9 Å². The third kappa shape index (κ3) is 4.56. The van der Waals surface area contributed by atoms with E-state index in [-0.39, 0.29) is 19.6 Å². The zero-order chi connectivity index (χ0) is 22.0. The fourth-order valence-corrected chi connectivity index (χ4v) is 5.45. The van der Waals surface area contributed by atoms with Gasteiger partial charge in [0.1, 0.15) is 23.4 Å². The Kier molecular flexibility index (Phi) is 6.22. The van der Waals surface area contributed by atoms with E-state index in [9.17, 15) is 17.6 Å². The van der Waals surface area contributed by atoms with Crippen LogP contribution < -0.4 is 0 Å².